The third-order valence-electron chi connectivity index (χ3n) is 7.89. The van der Waals surface area contributed by atoms with Gasteiger partial charge in [-0.25, -0.2) is 9.59 Å². The van der Waals surface area contributed by atoms with Crippen LogP contribution in [0.2, 0.25) is 0 Å². The minimum absolute atomic E-state index is 0.0634. The van der Waals surface area contributed by atoms with E-state index in [-0.39, 0.29) is 36.7 Å². The molecule has 254 valence electrons. The quantitative estimate of drug-likeness (QED) is 0.169. The number of nitrogens with one attached hydrogen (secondary N) is 4. The summed E-state index contributed by atoms with van der Waals surface area (Å²) in [6, 6.07) is 18.4. The number of nitrogens with zero attached hydrogens (tertiary/aromatic N) is 2. The summed E-state index contributed by atoms with van der Waals surface area (Å²) in [5.74, 6) is -0.227. The second-order valence-corrected chi connectivity index (χ2v) is 13.1. The average Bonchev–Trinajstić information content (AvgIpc) is 3.59. The van der Waals surface area contributed by atoms with Crippen LogP contribution in [0.3, 0.4) is 0 Å². The number of carbonyl (C=O) groups excluding carboxylic acids is 3. The molecule has 1 saturated heterocycles. The number of ether oxygens (including phenoxy) is 2. The highest BCUT2D eigenvalue weighted by atomic mass is 32.1. The van der Waals surface area contributed by atoms with Crippen molar-refractivity contribution in [1.82, 2.24) is 31.2 Å². The van der Waals surface area contributed by atoms with Gasteiger partial charge in [0.25, 0.3) is 0 Å². The number of amides is 4. The van der Waals surface area contributed by atoms with E-state index >= 15 is 0 Å². The topological polar surface area (TPSA) is 134 Å². The fourth-order valence-electron chi connectivity index (χ4n) is 5.48. The fraction of sp³-hybridized carbons (Fsp3) is 0.486. The van der Waals surface area contributed by atoms with Gasteiger partial charge in [0.1, 0.15) is 12.6 Å². The Hall–Kier alpha value is -4.00. The maximum absolute atomic E-state index is 13.9. The molecular weight excluding hydrogens is 616 g/mol. The summed E-state index contributed by atoms with van der Waals surface area (Å²) in [5, 5.41) is 12.1. The van der Waals surface area contributed by atoms with Crippen molar-refractivity contribution < 1.29 is 23.9 Å². The van der Waals surface area contributed by atoms with Crippen LogP contribution in [-0.4, -0.2) is 84.9 Å². The van der Waals surface area contributed by atoms with E-state index in [9.17, 15) is 14.4 Å². The molecule has 11 nitrogen and oxygen atoms in total. The molecular formula is C35H48N6O5S. The molecule has 1 aliphatic rings. The highest BCUT2D eigenvalue weighted by Gasteiger charge is 2.26. The van der Waals surface area contributed by atoms with Crippen LogP contribution in [0, 0.1) is 0 Å². The summed E-state index contributed by atoms with van der Waals surface area (Å²) in [6.07, 6.45) is 4.08. The van der Waals surface area contributed by atoms with E-state index in [4.69, 9.17) is 9.47 Å². The molecule has 3 aromatic rings. The Bertz CT molecular complexity index is 1340. The van der Waals surface area contributed by atoms with Crippen LogP contribution in [0.5, 0.6) is 0 Å². The molecule has 0 aliphatic carbocycles. The maximum atomic E-state index is 13.9. The first-order valence-corrected chi connectivity index (χ1v) is 17.3. The molecule has 12 heteroatoms. The lowest BCUT2D eigenvalue weighted by Gasteiger charge is -2.29. The summed E-state index contributed by atoms with van der Waals surface area (Å²) in [4.78, 5) is 46.6. The van der Waals surface area contributed by atoms with E-state index in [1.165, 1.54) is 11.3 Å². The molecule has 2 heterocycles. The Balaban J connectivity index is 1.45. The van der Waals surface area contributed by atoms with E-state index in [0.717, 1.165) is 29.1 Å². The number of rotatable bonds is 17. The van der Waals surface area contributed by atoms with Gasteiger partial charge in [0.05, 0.1) is 23.6 Å². The molecule has 0 radical (unpaired) electrons. The summed E-state index contributed by atoms with van der Waals surface area (Å²) >= 11 is 1.43. The number of alkyl carbamates (subject to hydrolysis) is 1. The Morgan fingerprint density at radius 3 is 2.04 bits per heavy atom. The molecule has 0 saturated carbocycles. The van der Waals surface area contributed by atoms with Crippen molar-refractivity contribution >= 4 is 29.4 Å². The standard InChI is InChI=1S/C35H48N6O5S/c1-26(2)37-34(43)40-32(15-16-41-17-19-45-20-18-41)33(42)38-29(21-27-9-5-3-6-10-27)13-14-30(22-28-11-7-4-8-12-28)39-35(44)46-24-31-23-36-25-47-31/h3-12,23,25-26,29-30,32H,13-22,24H2,1-2H3,(H,38,42)(H,39,44)(H2,37,40,43)/t29-,30-,32+/m1/s1. The van der Waals surface area contributed by atoms with Crippen LogP contribution in [0.1, 0.15) is 49.1 Å². The molecule has 4 N–H and O–H groups in total. The third-order valence-corrected chi connectivity index (χ3v) is 8.64. The van der Waals surface area contributed by atoms with Crippen molar-refractivity contribution in [3.8, 4) is 0 Å². The number of benzene rings is 2. The van der Waals surface area contributed by atoms with Gasteiger partial charge >= 0.3 is 12.1 Å². The van der Waals surface area contributed by atoms with Gasteiger partial charge < -0.3 is 30.7 Å². The molecule has 0 unspecified atom stereocenters. The summed E-state index contributed by atoms with van der Waals surface area (Å²) in [5.41, 5.74) is 3.88. The van der Waals surface area contributed by atoms with Crippen molar-refractivity contribution in [3.05, 3.63) is 88.4 Å². The number of urea groups is 1. The van der Waals surface area contributed by atoms with Crippen LogP contribution in [0.15, 0.2) is 72.4 Å². The SMILES string of the molecule is CC(C)NC(=O)N[C@@H](CCN1CCOCC1)C(=O)N[C@H](CC[C@H](Cc1ccccc1)NC(=O)OCc1cncs1)Cc1ccccc1. The number of hydrogen-bond acceptors (Lipinski definition) is 8. The smallest absolute Gasteiger partial charge is 0.407 e. The van der Waals surface area contributed by atoms with Crippen molar-refractivity contribution in [1.29, 1.82) is 0 Å². The Morgan fingerprint density at radius 1 is 0.851 bits per heavy atom. The minimum Gasteiger partial charge on any atom is -0.444 e. The van der Waals surface area contributed by atoms with Gasteiger partial charge in [-0.1, -0.05) is 60.7 Å². The van der Waals surface area contributed by atoms with E-state index in [1.54, 1.807) is 11.7 Å². The fourth-order valence-corrected chi connectivity index (χ4v) is 5.98. The molecule has 4 rings (SSSR count). The molecule has 1 fully saturated rings. The van der Waals surface area contributed by atoms with Crippen LogP contribution >= 0.6 is 11.3 Å². The molecule has 1 aromatic heterocycles. The summed E-state index contributed by atoms with van der Waals surface area (Å²) < 4.78 is 11.0. The van der Waals surface area contributed by atoms with E-state index in [2.05, 4.69) is 31.2 Å². The van der Waals surface area contributed by atoms with Crippen LogP contribution in [-0.2, 0) is 33.7 Å². The van der Waals surface area contributed by atoms with Gasteiger partial charge in [-0.2, -0.15) is 0 Å². The molecule has 3 atom stereocenters. The molecule has 1 aliphatic heterocycles. The van der Waals surface area contributed by atoms with Crippen LogP contribution in [0.4, 0.5) is 9.59 Å². The van der Waals surface area contributed by atoms with Gasteiger partial charge in [0.15, 0.2) is 0 Å². The van der Waals surface area contributed by atoms with Crippen molar-refractivity contribution in [2.75, 3.05) is 32.8 Å². The molecule has 2 aromatic carbocycles. The van der Waals surface area contributed by atoms with Crippen LogP contribution in [0.25, 0.3) is 0 Å². The minimum atomic E-state index is -0.713. The van der Waals surface area contributed by atoms with E-state index in [1.807, 2.05) is 74.5 Å². The van der Waals surface area contributed by atoms with Gasteiger partial charge in [0.2, 0.25) is 5.91 Å². The average molecular weight is 665 g/mol. The monoisotopic (exact) mass is 664 g/mol. The highest BCUT2D eigenvalue weighted by Crippen LogP contribution is 2.15. The van der Waals surface area contributed by atoms with E-state index < -0.39 is 12.1 Å². The second kappa shape index (κ2) is 19.6. The largest absolute Gasteiger partial charge is 0.444 e. The molecule has 47 heavy (non-hydrogen) atoms. The zero-order valence-corrected chi connectivity index (χ0v) is 28.2. The van der Waals surface area contributed by atoms with Gasteiger partial charge in [-0.05, 0) is 57.1 Å². The lowest BCUT2D eigenvalue weighted by molar-refractivity contribution is -0.124. The maximum Gasteiger partial charge on any atom is 0.407 e. The highest BCUT2D eigenvalue weighted by molar-refractivity contribution is 7.09. The van der Waals surface area contributed by atoms with Crippen LogP contribution < -0.4 is 21.3 Å². The normalized spacial score (nSPS) is 15.3. The summed E-state index contributed by atoms with van der Waals surface area (Å²) in [6.45, 7) is 7.50. The number of morpholine rings is 1. The first-order valence-electron chi connectivity index (χ1n) is 16.4. The lowest BCUT2D eigenvalue weighted by atomic mass is 9.95. The molecule has 0 spiro atoms. The first kappa shape index (κ1) is 35.8. The predicted molar refractivity (Wildman–Crippen MR) is 183 cm³/mol. The Morgan fingerprint density at radius 2 is 1.47 bits per heavy atom. The first-order chi connectivity index (χ1) is 22.8. The number of hydrogen-bond donors (Lipinski definition) is 4. The number of carbonyl (C=O) groups is 3. The van der Waals surface area contributed by atoms with E-state index in [0.29, 0.717) is 51.9 Å². The number of thiazole rings is 1. The Kier molecular flexibility index (Phi) is 15.0. The van der Waals surface area contributed by atoms with Crippen molar-refractivity contribution in [2.24, 2.45) is 0 Å². The van der Waals surface area contributed by atoms with Gasteiger partial charge in [0, 0.05) is 44.0 Å². The Labute approximate surface area is 281 Å². The zero-order chi connectivity index (χ0) is 33.3. The van der Waals surface area contributed by atoms with Crippen molar-refractivity contribution in [2.45, 2.75) is 76.7 Å². The lowest BCUT2D eigenvalue weighted by Crippen LogP contribution is -2.54. The van der Waals surface area contributed by atoms with Crippen molar-refractivity contribution in [3.63, 3.8) is 0 Å². The summed E-state index contributed by atoms with van der Waals surface area (Å²) in [7, 11) is 0. The third kappa shape index (κ3) is 13.7. The molecule has 4 amide bonds. The molecule has 0 bridgehead atoms. The number of aromatic nitrogens is 1. The second-order valence-electron chi connectivity index (χ2n) is 12.1. The predicted octanol–water partition coefficient (Wildman–Crippen LogP) is 4.29. The zero-order valence-electron chi connectivity index (χ0n) is 27.4. The van der Waals surface area contributed by atoms with Gasteiger partial charge in [-0.3, -0.25) is 14.7 Å². The van der Waals surface area contributed by atoms with Gasteiger partial charge in [-0.15, -0.1) is 11.3 Å².